The van der Waals surface area contributed by atoms with Gasteiger partial charge in [-0.25, -0.2) is 9.59 Å². The van der Waals surface area contributed by atoms with Crippen LogP contribution in [-0.4, -0.2) is 38.1 Å². The fourth-order valence-corrected chi connectivity index (χ4v) is 1.64. The van der Waals surface area contributed by atoms with E-state index in [0.29, 0.717) is 12.1 Å². The topological polar surface area (TPSA) is 105 Å². The van der Waals surface area contributed by atoms with Crippen molar-refractivity contribution in [2.24, 2.45) is 0 Å². The van der Waals surface area contributed by atoms with Crippen molar-refractivity contribution in [3.05, 3.63) is 41.1 Å². The summed E-state index contributed by atoms with van der Waals surface area (Å²) in [6.45, 7) is 0. The van der Waals surface area contributed by atoms with Crippen molar-refractivity contribution >= 4 is 23.4 Å². The van der Waals surface area contributed by atoms with Crippen molar-refractivity contribution in [2.45, 2.75) is 6.18 Å². The molecular weight excluding hydrogens is 345 g/mol. The summed E-state index contributed by atoms with van der Waals surface area (Å²) in [4.78, 5) is 34.5. The van der Waals surface area contributed by atoms with E-state index in [1.807, 2.05) is 0 Å². The van der Waals surface area contributed by atoms with Crippen LogP contribution >= 0.6 is 0 Å². The van der Waals surface area contributed by atoms with Crippen molar-refractivity contribution in [2.75, 3.05) is 19.5 Å². The maximum absolute atomic E-state index is 12.7. The van der Waals surface area contributed by atoms with Crippen LogP contribution in [0.15, 0.2) is 30.0 Å². The predicted molar refractivity (Wildman–Crippen MR) is 77.3 cm³/mol. The largest absolute Gasteiger partial charge is 0.466 e. The molecule has 0 unspecified atom stereocenters. The number of carbonyl (C=O) groups is 3. The van der Waals surface area contributed by atoms with Crippen LogP contribution < -0.4 is 5.32 Å². The Morgan fingerprint density at radius 1 is 1.20 bits per heavy atom. The molecule has 0 aliphatic heterocycles. The third-order valence-corrected chi connectivity index (χ3v) is 2.79. The molecule has 132 valence electrons. The lowest BCUT2D eigenvalue weighted by atomic mass is 10.0. The summed E-state index contributed by atoms with van der Waals surface area (Å²) < 4.78 is 46.9. The zero-order valence-corrected chi connectivity index (χ0v) is 12.9. The van der Waals surface area contributed by atoms with E-state index in [0.717, 1.165) is 26.4 Å². The van der Waals surface area contributed by atoms with Gasteiger partial charge in [-0.05, 0) is 18.2 Å². The molecule has 0 aliphatic rings. The van der Waals surface area contributed by atoms with Crippen LogP contribution in [0.3, 0.4) is 0 Å². The van der Waals surface area contributed by atoms with Gasteiger partial charge in [0.15, 0.2) is 0 Å². The SMILES string of the molecule is COC(=O)/C=C(/Nc1ccc(C#N)cc1C(=O)C(F)(F)F)C(=O)OC. The van der Waals surface area contributed by atoms with E-state index in [1.165, 1.54) is 0 Å². The molecule has 0 bridgehead atoms. The van der Waals surface area contributed by atoms with Crippen molar-refractivity contribution in [1.29, 1.82) is 5.26 Å². The fraction of sp³-hybridized carbons (Fsp3) is 0.200. The van der Waals surface area contributed by atoms with Crippen molar-refractivity contribution in [1.82, 2.24) is 0 Å². The molecule has 0 aromatic heterocycles. The number of carbonyl (C=O) groups excluding carboxylic acids is 3. The second-order valence-corrected chi connectivity index (χ2v) is 4.40. The maximum Gasteiger partial charge on any atom is 0.454 e. The molecule has 0 aliphatic carbocycles. The molecule has 0 saturated carbocycles. The first-order valence-corrected chi connectivity index (χ1v) is 6.44. The van der Waals surface area contributed by atoms with Gasteiger partial charge in [-0.15, -0.1) is 0 Å². The van der Waals surface area contributed by atoms with Gasteiger partial charge in [0.25, 0.3) is 5.78 Å². The van der Waals surface area contributed by atoms with Crippen molar-refractivity contribution in [3.8, 4) is 6.07 Å². The Morgan fingerprint density at radius 2 is 1.84 bits per heavy atom. The lowest BCUT2D eigenvalue weighted by Gasteiger charge is -2.14. The molecule has 0 heterocycles. The number of ketones is 1. The van der Waals surface area contributed by atoms with Gasteiger partial charge in [-0.2, -0.15) is 18.4 Å². The highest BCUT2D eigenvalue weighted by molar-refractivity contribution is 6.07. The Hall–Kier alpha value is -3.35. The number of halogens is 3. The molecule has 25 heavy (non-hydrogen) atoms. The third kappa shape index (κ3) is 5.07. The Balaban J connectivity index is 3.43. The van der Waals surface area contributed by atoms with Gasteiger partial charge < -0.3 is 14.8 Å². The van der Waals surface area contributed by atoms with E-state index >= 15 is 0 Å². The highest BCUT2D eigenvalue weighted by Crippen LogP contribution is 2.28. The number of ether oxygens (including phenoxy) is 2. The normalized spacial score (nSPS) is 11.3. The quantitative estimate of drug-likeness (QED) is 0.488. The smallest absolute Gasteiger partial charge is 0.454 e. The van der Waals surface area contributed by atoms with Crippen LogP contribution in [0, 0.1) is 11.3 Å². The number of esters is 2. The molecule has 7 nitrogen and oxygen atoms in total. The minimum Gasteiger partial charge on any atom is -0.466 e. The average molecular weight is 356 g/mol. The number of hydrogen-bond donors (Lipinski definition) is 1. The molecular formula is C15H11F3N2O5. The monoisotopic (exact) mass is 356 g/mol. The van der Waals surface area contributed by atoms with E-state index in [-0.39, 0.29) is 5.56 Å². The highest BCUT2D eigenvalue weighted by Gasteiger charge is 2.40. The predicted octanol–water partition coefficient (Wildman–Crippen LogP) is 1.95. The number of anilines is 1. The zero-order valence-electron chi connectivity index (χ0n) is 12.9. The molecule has 1 aromatic rings. The number of nitriles is 1. The summed E-state index contributed by atoms with van der Waals surface area (Å²) in [5.74, 6) is -4.29. The Bertz CT molecular complexity index is 778. The number of nitrogens with one attached hydrogen (secondary N) is 1. The minimum absolute atomic E-state index is 0.199. The van der Waals surface area contributed by atoms with E-state index < -0.39 is 40.8 Å². The van der Waals surface area contributed by atoms with Crippen LogP contribution in [0.2, 0.25) is 0 Å². The first-order chi connectivity index (χ1) is 11.6. The highest BCUT2D eigenvalue weighted by atomic mass is 19.4. The van der Waals surface area contributed by atoms with E-state index in [1.54, 1.807) is 6.07 Å². The van der Waals surface area contributed by atoms with Crippen molar-refractivity contribution in [3.63, 3.8) is 0 Å². The van der Waals surface area contributed by atoms with Gasteiger partial charge >= 0.3 is 18.1 Å². The van der Waals surface area contributed by atoms with E-state index in [2.05, 4.69) is 14.8 Å². The van der Waals surface area contributed by atoms with E-state index in [4.69, 9.17) is 5.26 Å². The maximum atomic E-state index is 12.7. The molecule has 0 radical (unpaired) electrons. The Kier molecular flexibility index (Phi) is 6.27. The number of nitrogens with zero attached hydrogens (tertiary/aromatic N) is 1. The third-order valence-electron chi connectivity index (χ3n) is 2.79. The molecule has 0 fully saturated rings. The van der Waals surface area contributed by atoms with Crippen LogP contribution in [0.5, 0.6) is 0 Å². The Morgan fingerprint density at radius 3 is 2.32 bits per heavy atom. The standard InChI is InChI=1S/C15H11F3N2O5/c1-24-12(21)6-11(14(23)25-2)20-10-4-3-8(7-19)5-9(10)13(22)15(16,17)18/h3-6,20H,1-2H3/b11-6+. The van der Waals surface area contributed by atoms with Crippen LogP contribution in [0.1, 0.15) is 15.9 Å². The first-order valence-electron chi connectivity index (χ1n) is 6.44. The summed E-state index contributed by atoms with van der Waals surface area (Å²) in [5, 5.41) is 11.0. The molecule has 1 N–H and O–H groups in total. The van der Waals surface area contributed by atoms with Gasteiger partial charge in [0.2, 0.25) is 0 Å². The lowest BCUT2D eigenvalue weighted by Crippen LogP contribution is -2.25. The molecule has 0 atom stereocenters. The minimum atomic E-state index is -5.21. The average Bonchev–Trinajstić information content (AvgIpc) is 2.58. The molecule has 1 aromatic carbocycles. The van der Waals surface area contributed by atoms with Gasteiger partial charge in [0.05, 0.1) is 37.5 Å². The zero-order chi connectivity index (χ0) is 19.2. The van der Waals surface area contributed by atoms with Crippen LogP contribution in [0.4, 0.5) is 18.9 Å². The summed E-state index contributed by atoms with van der Waals surface area (Å²) in [5.41, 5.74) is -2.10. The number of benzene rings is 1. The second kappa shape index (κ2) is 7.96. The first kappa shape index (κ1) is 19.7. The summed E-state index contributed by atoms with van der Waals surface area (Å²) in [6.07, 6.45) is -4.56. The van der Waals surface area contributed by atoms with Gasteiger partial charge in [-0.1, -0.05) is 0 Å². The van der Waals surface area contributed by atoms with Gasteiger partial charge in [-0.3, -0.25) is 4.79 Å². The van der Waals surface area contributed by atoms with Crippen LogP contribution in [-0.2, 0) is 19.1 Å². The molecule has 0 amide bonds. The molecule has 0 saturated heterocycles. The summed E-state index contributed by atoms with van der Waals surface area (Å²) in [7, 11) is 2.00. The van der Waals surface area contributed by atoms with E-state index in [9.17, 15) is 27.6 Å². The lowest BCUT2D eigenvalue weighted by molar-refractivity contribution is -0.138. The molecule has 10 heteroatoms. The molecule has 1 rings (SSSR count). The summed E-state index contributed by atoms with van der Waals surface area (Å²) in [6, 6.07) is 4.43. The Labute approximate surface area is 139 Å². The van der Waals surface area contributed by atoms with Crippen molar-refractivity contribution < 1.29 is 37.0 Å². The van der Waals surface area contributed by atoms with Gasteiger partial charge in [0.1, 0.15) is 5.70 Å². The fourth-order valence-electron chi connectivity index (χ4n) is 1.64. The van der Waals surface area contributed by atoms with Gasteiger partial charge in [0, 0.05) is 5.69 Å². The number of methoxy groups -OCH3 is 2. The number of rotatable bonds is 5. The summed E-state index contributed by atoms with van der Waals surface area (Å²) >= 11 is 0. The molecule has 0 spiro atoms. The number of alkyl halides is 3. The second-order valence-electron chi connectivity index (χ2n) is 4.40. The van der Waals surface area contributed by atoms with Crippen LogP contribution in [0.25, 0.3) is 0 Å². The number of hydrogen-bond acceptors (Lipinski definition) is 7. The number of Topliss-reactive ketones (excluding diaryl/α,β-unsaturated/α-hetero) is 1.